The molecule has 38 heavy (non-hydrogen) atoms. The number of hydrogen-bond donors (Lipinski definition) is 5. The molecule has 2 fully saturated rings. The molecule has 208 valence electrons. The van der Waals surface area contributed by atoms with Crippen molar-refractivity contribution in [3.63, 3.8) is 0 Å². The minimum atomic E-state index is -0.220. The number of ether oxygens (including phenoxy) is 2. The molecule has 0 unspecified atom stereocenters. The molecular weight excluding hydrogens is 488 g/mol. The third-order valence-corrected chi connectivity index (χ3v) is 6.59. The van der Waals surface area contributed by atoms with Crippen LogP contribution in [-0.4, -0.2) is 90.7 Å². The van der Waals surface area contributed by atoms with Gasteiger partial charge in [0.1, 0.15) is 0 Å². The molecule has 1 saturated heterocycles. The average molecular weight is 529 g/mol. The first-order valence-electron chi connectivity index (χ1n) is 13.6. The smallest absolute Gasteiger partial charge is 0.251 e. The van der Waals surface area contributed by atoms with Crippen molar-refractivity contribution in [3.8, 4) is 0 Å². The molecule has 12 heteroatoms. The van der Waals surface area contributed by atoms with Crippen molar-refractivity contribution in [2.45, 2.75) is 50.7 Å². The number of carbonyl (C=O) groups excluding carboxylic acids is 1. The van der Waals surface area contributed by atoms with Crippen LogP contribution in [0.25, 0.3) is 0 Å². The molecule has 1 amide bonds. The molecule has 0 spiro atoms. The summed E-state index contributed by atoms with van der Waals surface area (Å²) in [5.74, 6) is 1.39. The number of carbonyl (C=O) groups is 1. The number of aliphatic hydroxyl groups excluding tert-OH is 1. The van der Waals surface area contributed by atoms with E-state index in [-0.39, 0.29) is 18.1 Å². The number of nitrogens with two attached hydrogens (primary N) is 1. The Balaban J connectivity index is 1.35. The van der Waals surface area contributed by atoms with Crippen LogP contribution >= 0.6 is 0 Å². The Bertz CT molecular complexity index is 1010. The predicted molar refractivity (Wildman–Crippen MR) is 146 cm³/mol. The number of aromatic nitrogens is 3. The summed E-state index contributed by atoms with van der Waals surface area (Å²) in [5, 5.41) is 19.4. The number of amides is 1. The Kier molecular flexibility index (Phi) is 10.9. The van der Waals surface area contributed by atoms with Gasteiger partial charge in [-0.25, -0.2) is 0 Å². The summed E-state index contributed by atoms with van der Waals surface area (Å²) in [6.07, 6.45) is 5.30. The van der Waals surface area contributed by atoms with Crippen molar-refractivity contribution in [3.05, 3.63) is 29.8 Å². The van der Waals surface area contributed by atoms with E-state index >= 15 is 0 Å². The zero-order chi connectivity index (χ0) is 26.6. The van der Waals surface area contributed by atoms with Gasteiger partial charge in [0.05, 0.1) is 32.5 Å². The fraction of sp³-hybridized carbons (Fsp3) is 0.615. The Hall–Kier alpha value is -3.06. The predicted octanol–water partition coefficient (Wildman–Crippen LogP) is 1.65. The van der Waals surface area contributed by atoms with Crippen LogP contribution < -0.4 is 26.6 Å². The first kappa shape index (κ1) is 28.0. The summed E-state index contributed by atoms with van der Waals surface area (Å²) < 4.78 is 10.7. The molecular formula is C26H40N8O4. The van der Waals surface area contributed by atoms with Gasteiger partial charge in [0.15, 0.2) is 0 Å². The molecule has 1 aromatic heterocycles. The number of benzene rings is 1. The molecule has 1 aromatic carbocycles. The quantitative estimate of drug-likeness (QED) is 0.227. The van der Waals surface area contributed by atoms with E-state index in [1.165, 1.54) is 0 Å². The fourth-order valence-electron chi connectivity index (χ4n) is 4.56. The third kappa shape index (κ3) is 8.76. The molecule has 0 radical (unpaired) electrons. The standard InChI is InChI=1S/C26H40N8O4/c27-10-14-37-16-17-38-15-11-28-23(36)19-4-3-5-21(18-19)30-25-31-24(29-20-6-8-22(35)9-7-20)32-26(33-25)34-12-1-2-13-34/h3-5,18,20,22,35H,1-2,6-17,27H2,(H,28,36)(H2,29,30,31,32,33). The number of nitrogens with one attached hydrogen (secondary N) is 3. The second kappa shape index (κ2) is 14.8. The molecule has 4 rings (SSSR count). The minimum Gasteiger partial charge on any atom is -0.393 e. The van der Waals surface area contributed by atoms with Gasteiger partial charge in [-0.1, -0.05) is 6.07 Å². The fourth-order valence-corrected chi connectivity index (χ4v) is 4.56. The van der Waals surface area contributed by atoms with E-state index in [2.05, 4.69) is 35.8 Å². The Morgan fingerprint density at radius 2 is 1.74 bits per heavy atom. The Labute approximate surface area is 223 Å². The van der Waals surface area contributed by atoms with Crippen LogP contribution in [0.4, 0.5) is 23.5 Å². The molecule has 0 atom stereocenters. The van der Waals surface area contributed by atoms with E-state index in [1.54, 1.807) is 12.1 Å². The molecule has 1 saturated carbocycles. The van der Waals surface area contributed by atoms with Crippen LogP contribution in [0, 0.1) is 0 Å². The first-order valence-corrected chi connectivity index (χ1v) is 13.6. The normalized spacial score (nSPS) is 19.4. The van der Waals surface area contributed by atoms with Gasteiger partial charge in [-0.3, -0.25) is 4.79 Å². The number of hydrogen-bond acceptors (Lipinski definition) is 11. The van der Waals surface area contributed by atoms with Crippen molar-refractivity contribution >= 4 is 29.4 Å². The van der Waals surface area contributed by atoms with Crippen molar-refractivity contribution in [2.24, 2.45) is 5.73 Å². The van der Waals surface area contributed by atoms with Crippen LogP contribution in [0.3, 0.4) is 0 Å². The van der Waals surface area contributed by atoms with E-state index in [1.807, 2.05) is 12.1 Å². The lowest BCUT2D eigenvalue weighted by molar-refractivity contribution is 0.0511. The SMILES string of the molecule is NCCOCCOCCNC(=O)c1cccc(Nc2nc(NC3CCC(O)CC3)nc(N3CCCC3)n2)c1. The van der Waals surface area contributed by atoms with E-state index in [0.717, 1.165) is 51.6 Å². The summed E-state index contributed by atoms with van der Waals surface area (Å²) in [7, 11) is 0. The van der Waals surface area contributed by atoms with E-state index in [9.17, 15) is 9.90 Å². The number of nitrogens with zero attached hydrogens (tertiary/aromatic N) is 4. The minimum absolute atomic E-state index is 0.188. The van der Waals surface area contributed by atoms with Gasteiger partial charge in [-0.2, -0.15) is 15.0 Å². The van der Waals surface area contributed by atoms with Crippen LogP contribution in [0.15, 0.2) is 24.3 Å². The number of anilines is 4. The van der Waals surface area contributed by atoms with Crippen molar-refractivity contribution in [1.29, 1.82) is 0 Å². The molecule has 0 bridgehead atoms. The molecule has 1 aliphatic carbocycles. The highest BCUT2D eigenvalue weighted by Gasteiger charge is 2.22. The number of aliphatic hydroxyl groups is 1. The molecule has 6 N–H and O–H groups in total. The lowest BCUT2D eigenvalue weighted by Crippen LogP contribution is -2.30. The Morgan fingerprint density at radius 1 is 1.00 bits per heavy atom. The molecule has 12 nitrogen and oxygen atoms in total. The highest BCUT2D eigenvalue weighted by Crippen LogP contribution is 2.24. The summed E-state index contributed by atoms with van der Waals surface area (Å²) in [6, 6.07) is 7.43. The topological polar surface area (TPSA) is 160 Å². The summed E-state index contributed by atoms with van der Waals surface area (Å²) >= 11 is 0. The van der Waals surface area contributed by atoms with Gasteiger partial charge in [0, 0.05) is 43.5 Å². The van der Waals surface area contributed by atoms with Gasteiger partial charge >= 0.3 is 0 Å². The monoisotopic (exact) mass is 528 g/mol. The largest absolute Gasteiger partial charge is 0.393 e. The van der Waals surface area contributed by atoms with Gasteiger partial charge < -0.3 is 41.2 Å². The molecule has 1 aliphatic heterocycles. The van der Waals surface area contributed by atoms with Crippen LogP contribution in [0.2, 0.25) is 0 Å². The van der Waals surface area contributed by atoms with Crippen LogP contribution in [0.5, 0.6) is 0 Å². The second-order valence-electron chi connectivity index (χ2n) is 9.60. The van der Waals surface area contributed by atoms with Crippen LogP contribution in [-0.2, 0) is 9.47 Å². The Morgan fingerprint density at radius 3 is 2.50 bits per heavy atom. The number of rotatable bonds is 14. The van der Waals surface area contributed by atoms with E-state index < -0.39 is 0 Å². The van der Waals surface area contributed by atoms with Gasteiger partial charge in [0.25, 0.3) is 5.91 Å². The van der Waals surface area contributed by atoms with Crippen molar-refractivity contribution in [1.82, 2.24) is 20.3 Å². The molecule has 2 aromatic rings. The van der Waals surface area contributed by atoms with Crippen LogP contribution in [0.1, 0.15) is 48.9 Å². The van der Waals surface area contributed by atoms with Gasteiger partial charge in [-0.15, -0.1) is 0 Å². The summed E-state index contributed by atoms with van der Waals surface area (Å²) in [5.41, 5.74) is 6.60. The zero-order valence-corrected chi connectivity index (χ0v) is 21.9. The zero-order valence-electron chi connectivity index (χ0n) is 21.9. The highest BCUT2D eigenvalue weighted by molar-refractivity contribution is 5.95. The second-order valence-corrected chi connectivity index (χ2v) is 9.60. The first-order chi connectivity index (χ1) is 18.6. The summed E-state index contributed by atoms with van der Waals surface area (Å²) in [4.78, 5) is 28.8. The maximum atomic E-state index is 12.6. The lowest BCUT2D eigenvalue weighted by atomic mass is 9.93. The maximum absolute atomic E-state index is 12.6. The highest BCUT2D eigenvalue weighted by atomic mass is 16.5. The average Bonchev–Trinajstić information content (AvgIpc) is 3.47. The van der Waals surface area contributed by atoms with Crippen molar-refractivity contribution in [2.75, 3.05) is 68.1 Å². The van der Waals surface area contributed by atoms with Crippen molar-refractivity contribution < 1.29 is 19.4 Å². The maximum Gasteiger partial charge on any atom is 0.251 e. The van der Waals surface area contributed by atoms with E-state index in [4.69, 9.17) is 15.2 Å². The molecule has 2 heterocycles. The summed E-state index contributed by atoms with van der Waals surface area (Å²) in [6.45, 7) is 4.57. The third-order valence-electron chi connectivity index (χ3n) is 6.59. The van der Waals surface area contributed by atoms with Gasteiger partial charge in [-0.05, 0) is 56.7 Å². The molecule has 2 aliphatic rings. The van der Waals surface area contributed by atoms with Gasteiger partial charge in [0.2, 0.25) is 17.8 Å². The van der Waals surface area contributed by atoms with E-state index in [0.29, 0.717) is 68.6 Å². The lowest BCUT2D eigenvalue weighted by Gasteiger charge is -2.26.